The highest BCUT2D eigenvalue weighted by Gasteiger charge is 2.11. The van der Waals surface area contributed by atoms with Crippen LogP contribution in [0.3, 0.4) is 0 Å². The Morgan fingerprint density at radius 2 is 0.964 bits per heavy atom. The van der Waals surface area contributed by atoms with E-state index in [9.17, 15) is 4.21 Å². The Morgan fingerprint density at radius 1 is 0.607 bits per heavy atom. The third-order valence-electron chi connectivity index (χ3n) is 3.87. The minimum atomic E-state index is -1.06. The van der Waals surface area contributed by atoms with Gasteiger partial charge in [-0.05, 0) is 63.1 Å². The van der Waals surface area contributed by atoms with E-state index < -0.39 is 10.8 Å². The highest BCUT2D eigenvalue weighted by atomic mass is 32.2. The van der Waals surface area contributed by atoms with Gasteiger partial charge in [-0.3, -0.25) is 4.21 Å². The Bertz CT molecular complexity index is 712. The number of hydrogen-bond donors (Lipinski definition) is 0. The van der Waals surface area contributed by atoms with Gasteiger partial charge in [0.25, 0.3) is 0 Å². The maximum absolute atomic E-state index is 12.7. The van der Waals surface area contributed by atoms with Crippen LogP contribution in [0.4, 0.5) is 0 Å². The van der Waals surface area contributed by atoms with E-state index in [0.717, 1.165) is 11.1 Å². The number of ether oxygens (including phenoxy) is 4. The summed E-state index contributed by atoms with van der Waals surface area (Å²) < 4.78 is 35.2. The average Bonchev–Trinajstić information content (AvgIpc) is 2.66. The van der Waals surface area contributed by atoms with Crippen molar-refractivity contribution in [1.29, 1.82) is 0 Å². The molecule has 0 fully saturated rings. The van der Waals surface area contributed by atoms with Gasteiger partial charge in [0.1, 0.15) is 0 Å². The van der Waals surface area contributed by atoms with Crippen LogP contribution >= 0.6 is 0 Å². The fraction of sp³-hybridized carbons (Fsp3) is 0.455. The summed E-state index contributed by atoms with van der Waals surface area (Å²) in [6, 6.07) is 11.5. The first kappa shape index (κ1) is 22.1. The van der Waals surface area contributed by atoms with Gasteiger partial charge in [-0.25, -0.2) is 0 Å². The summed E-state index contributed by atoms with van der Waals surface area (Å²) in [5.41, 5.74) is 1.92. The van der Waals surface area contributed by atoms with Crippen LogP contribution in [0.5, 0.6) is 23.0 Å². The van der Waals surface area contributed by atoms with Crippen molar-refractivity contribution in [2.45, 2.75) is 39.2 Å². The van der Waals surface area contributed by atoms with Crippen LogP contribution in [0.25, 0.3) is 0 Å². The molecule has 0 atom stereocenters. The van der Waals surface area contributed by atoms with Crippen molar-refractivity contribution in [2.24, 2.45) is 0 Å². The molecule has 2 rings (SSSR count). The molecule has 154 valence electrons. The maximum atomic E-state index is 12.7. The maximum Gasteiger partial charge on any atom is 0.161 e. The monoisotopic (exact) mass is 406 g/mol. The largest absolute Gasteiger partial charge is 0.490 e. The molecule has 0 spiro atoms. The highest BCUT2D eigenvalue weighted by Crippen LogP contribution is 2.31. The molecule has 6 heteroatoms. The molecule has 2 aromatic carbocycles. The average molecular weight is 407 g/mol. The molecule has 0 saturated heterocycles. The van der Waals surface area contributed by atoms with Crippen LogP contribution in [0.2, 0.25) is 0 Å². The molecule has 0 aromatic heterocycles. The van der Waals surface area contributed by atoms with E-state index >= 15 is 0 Å². The molecule has 0 heterocycles. The summed E-state index contributed by atoms with van der Waals surface area (Å²) in [4.78, 5) is 0. The third-order valence-corrected chi connectivity index (χ3v) is 5.18. The second kappa shape index (κ2) is 11.6. The van der Waals surface area contributed by atoms with Gasteiger partial charge in [0.05, 0.1) is 26.4 Å². The smallest absolute Gasteiger partial charge is 0.161 e. The first-order chi connectivity index (χ1) is 13.6. The van der Waals surface area contributed by atoms with E-state index in [4.69, 9.17) is 18.9 Å². The van der Waals surface area contributed by atoms with Gasteiger partial charge >= 0.3 is 0 Å². The Morgan fingerprint density at radius 3 is 1.32 bits per heavy atom. The second-order valence-electron chi connectivity index (χ2n) is 6.02. The lowest BCUT2D eigenvalue weighted by molar-refractivity contribution is 0.287. The summed E-state index contributed by atoms with van der Waals surface area (Å²) >= 11 is 0. The van der Waals surface area contributed by atoms with Crippen LogP contribution in [-0.2, 0) is 22.3 Å². The van der Waals surface area contributed by atoms with Crippen molar-refractivity contribution in [3.05, 3.63) is 47.5 Å². The molecular weight excluding hydrogens is 376 g/mol. The Kier molecular flexibility index (Phi) is 9.14. The van der Waals surface area contributed by atoms with Crippen LogP contribution in [0.1, 0.15) is 38.8 Å². The van der Waals surface area contributed by atoms with Gasteiger partial charge in [-0.1, -0.05) is 12.1 Å². The topological polar surface area (TPSA) is 54.0 Å². The summed E-state index contributed by atoms with van der Waals surface area (Å²) in [7, 11) is -1.06. The third kappa shape index (κ3) is 6.44. The number of benzene rings is 2. The van der Waals surface area contributed by atoms with Crippen molar-refractivity contribution >= 4 is 10.8 Å². The van der Waals surface area contributed by atoms with Gasteiger partial charge in [-0.15, -0.1) is 0 Å². The van der Waals surface area contributed by atoms with Gasteiger partial charge in [-0.2, -0.15) is 0 Å². The molecular formula is C22H30O5S. The molecule has 0 radical (unpaired) electrons. The lowest BCUT2D eigenvalue weighted by atomic mass is 10.2. The zero-order valence-electron chi connectivity index (χ0n) is 17.2. The van der Waals surface area contributed by atoms with E-state index in [1.165, 1.54) is 0 Å². The van der Waals surface area contributed by atoms with E-state index in [1.54, 1.807) is 0 Å². The lowest BCUT2D eigenvalue weighted by Gasteiger charge is -2.13. The molecule has 0 bridgehead atoms. The Labute approximate surface area is 170 Å². The second-order valence-corrected chi connectivity index (χ2v) is 7.48. The van der Waals surface area contributed by atoms with Gasteiger partial charge < -0.3 is 18.9 Å². The van der Waals surface area contributed by atoms with Crippen LogP contribution in [0, 0.1) is 0 Å². The molecule has 5 nitrogen and oxygen atoms in total. The molecule has 2 aromatic rings. The highest BCUT2D eigenvalue weighted by molar-refractivity contribution is 7.83. The molecule has 0 aliphatic carbocycles. The van der Waals surface area contributed by atoms with Crippen molar-refractivity contribution < 1.29 is 23.2 Å². The predicted octanol–water partition coefficient (Wildman–Crippen LogP) is 4.73. The molecule has 0 saturated carbocycles. The van der Waals surface area contributed by atoms with Crippen molar-refractivity contribution in [1.82, 2.24) is 0 Å². The first-order valence-electron chi connectivity index (χ1n) is 9.73. The van der Waals surface area contributed by atoms with Crippen molar-refractivity contribution in [3.8, 4) is 23.0 Å². The molecule has 0 aliphatic rings. The summed E-state index contributed by atoms with van der Waals surface area (Å²) in [6.07, 6.45) is 0. The zero-order valence-corrected chi connectivity index (χ0v) is 18.0. The fourth-order valence-electron chi connectivity index (χ4n) is 2.79. The van der Waals surface area contributed by atoms with E-state index in [2.05, 4.69) is 0 Å². The first-order valence-corrected chi connectivity index (χ1v) is 11.2. The van der Waals surface area contributed by atoms with Crippen LogP contribution in [-0.4, -0.2) is 30.6 Å². The van der Waals surface area contributed by atoms with Gasteiger partial charge in [0, 0.05) is 22.3 Å². The van der Waals surface area contributed by atoms with Crippen LogP contribution < -0.4 is 18.9 Å². The summed E-state index contributed by atoms with van der Waals surface area (Å²) in [6.45, 7) is 10.00. The molecule has 28 heavy (non-hydrogen) atoms. The summed E-state index contributed by atoms with van der Waals surface area (Å²) in [5.74, 6) is 3.71. The zero-order chi connectivity index (χ0) is 20.4. The molecule has 0 aliphatic heterocycles. The normalized spacial score (nSPS) is 10.8. The van der Waals surface area contributed by atoms with Gasteiger partial charge in [0.2, 0.25) is 0 Å². The SMILES string of the molecule is CCOc1ccc(CS(=O)Cc2ccc(OCC)c(OCC)c2)cc1OCC. The van der Waals surface area contributed by atoms with E-state index in [1.807, 2.05) is 64.1 Å². The molecule has 0 amide bonds. The summed E-state index contributed by atoms with van der Waals surface area (Å²) in [5, 5.41) is 0. The Hall–Kier alpha value is -2.21. The fourth-order valence-corrected chi connectivity index (χ4v) is 4.00. The minimum Gasteiger partial charge on any atom is -0.490 e. The standard InChI is InChI=1S/C22H30O5S/c1-5-24-19-11-9-17(13-21(19)26-7-3)15-28(23)16-18-10-12-20(25-6-2)22(14-18)27-8-4/h9-14H,5-8,15-16H2,1-4H3. The lowest BCUT2D eigenvalue weighted by Crippen LogP contribution is -2.03. The minimum absolute atomic E-state index is 0.448. The Balaban J connectivity index is 2.09. The number of rotatable bonds is 12. The van der Waals surface area contributed by atoms with Crippen LogP contribution in [0.15, 0.2) is 36.4 Å². The number of hydrogen-bond acceptors (Lipinski definition) is 5. The van der Waals surface area contributed by atoms with E-state index in [0.29, 0.717) is 60.9 Å². The predicted molar refractivity (Wildman–Crippen MR) is 113 cm³/mol. The van der Waals surface area contributed by atoms with Crippen molar-refractivity contribution in [3.63, 3.8) is 0 Å². The quantitative estimate of drug-likeness (QED) is 0.510. The van der Waals surface area contributed by atoms with Gasteiger partial charge in [0.15, 0.2) is 23.0 Å². The molecule has 0 N–H and O–H groups in total. The van der Waals surface area contributed by atoms with Crippen molar-refractivity contribution in [2.75, 3.05) is 26.4 Å². The van der Waals surface area contributed by atoms with E-state index in [-0.39, 0.29) is 0 Å². The molecule has 0 unspecified atom stereocenters.